The van der Waals surface area contributed by atoms with E-state index >= 15 is 0 Å². The number of nitriles is 1. The fourth-order valence-corrected chi connectivity index (χ4v) is 1.81. The number of pyridine rings is 1. The van der Waals surface area contributed by atoms with Gasteiger partial charge in [-0.25, -0.2) is 4.98 Å². The highest BCUT2D eigenvalue weighted by atomic mass is 16.6. The number of nitrogens with zero attached hydrogens (tertiary/aromatic N) is 4. The molecule has 0 saturated carbocycles. The summed E-state index contributed by atoms with van der Waals surface area (Å²) in [4.78, 5) is 16.5. The molecule has 0 radical (unpaired) electrons. The van der Waals surface area contributed by atoms with Crippen LogP contribution in [0.4, 0.5) is 17.2 Å². The first-order valence-corrected chi connectivity index (χ1v) is 5.89. The molecule has 6 heteroatoms. The van der Waals surface area contributed by atoms with Crippen molar-refractivity contribution in [2.45, 2.75) is 6.92 Å². The van der Waals surface area contributed by atoms with Gasteiger partial charge < -0.3 is 4.90 Å². The van der Waals surface area contributed by atoms with Crippen molar-refractivity contribution in [3.63, 3.8) is 0 Å². The Balaban J connectivity index is 2.46. The maximum absolute atomic E-state index is 11.1. The second-order valence-electron chi connectivity index (χ2n) is 4.27. The fraction of sp³-hybridized carbons (Fsp3) is 0.143. The summed E-state index contributed by atoms with van der Waals surface area (Å²) in [7, 11) is 1.70. The number of nitro groups is 1. The van der Waals surface area contributed by atoms with Crippen LogP contribution in [0, 0.1) is 28.4 Å². The van der Waals surface area contributed by atoms with Gasteiger partial charge in [-0.15, -0.1) is 0 Å². The third kappa shape index (κ3) is 2.57. The van der Waals surface area contributed by atoms with Crippen molar-refractivity contribution in [3.8, 4) is 6.07 Å². The van der Waals surface area contributed by atoms with Crippen LogP contribution in [0.3, 0.4) is 0 Å². The summed E-state index contributed by atoms with van der Waals surface area (Å²) in [6.07, 6.45) is 0. The average molecular weight is 268 g/mol. The van der Waals surface area contributed by atoms with Crippen LogP contribution >= 0.6 is 0 Å². The molecule has 100 valence electrons. The number of aryl methyl sites for hydroxylation is 1. The summed E-state index contributed by atoms with van der Waals surface area (Å²) in [5.74, 6) is 0.278. The van der Waals surface area contributed by atoms with E-state index in [0.29, 0.717) is 11.3 Å². The van der Waals surface area contributed by atoms with Crippen LogP contribution in [-0.2, 0) is 0 Å². The van der Waals surface area contributed by atoms with Crippen LogP contribution in [-0.4, -0.2) is 17.0 Å². The van der Waals surface area contributed by atoms with Gasteiger partial charge in [0.1, 0.15) is 0 Å². The van der Waals surface area contributed by atoms with Gasteiger partial charge in [-0.1, -0.05) is 0 Å². The molecule has 1 aromatic heterocycles. The molecule has 0 unspecified atom stereocenters. The zero-order valence-electron chi connectivity index (χ0n) is 11.1. The average Bonchev–Trinajstić information content (AvgIpc) is 2.46. The van der Waals surface area contributed by atoms with Crippen molar-refractivity contribution < 1.29 is 4.92 Å². The Hall–Kier alpha value is -2.94. The monoisotopic (exact) mass is 268 g/mol. The van der Waals surface area contributed by atoms with Crippen molar-refractivity contribution in [2.24, 2.45) is 0 Å². The predicted octanol–water partition coefficient (Wildman–Crippen LogP) is 2.94. The molecule has 0 amide bonds. The zero-order chi connectivity index (χ0) is 14.7. The molecule has 6 nitrogen and oxygen atoms in total. The Morgan fingerprint density at radius 3 is 2.45 bits per heavy atom. The quantitative estimate of drug-likeness (QED) is 0.631. The fourth-order valence-electron chi connectivity index (χ4n) is 1.81. The van der Waals surface area contributed by atoms with Gasteiger partial charge in [0.25, 0.3) is 0 Å². The van der Waals surface area contributed by atoms with Gasteiger partial charge in [0.15, 0.2) is 0 Å². The number of rotatable bonds is 3. The van der Waals surface area contributed by atoms with Gasteiger partial charge in [-0.3, -0.25) is 10.1 Å². The van der Waals surface area contributed by atoms with Crippen LogP contribution in [0.25, 0.3) is 0 Å². The van der Waals surface area contributed by atoms with Crippen LogP contribution in [0.1, 0.15) is 11.3 Å². The van der Waals surface area contributed by atoms with Gasteiger partial charge in [-0.2, -0.15) is 5.26 Å². The maximum atomic E-state index is 11.1. The van der Waals surface area contributed by atoms with Crippen molar-refractivity contribution in [3.05, 3.63) is 57.8 Å². The molecule has 20 heavy (non-hydrogen) atoms. The Kier molecular flexibility index (Phi) is 3.62. The summed E-state index contributed by atoms with van der Waals surface area (Å²) >= 11 is 0. The van der Waals surface area contributed by atoms with Crippen molar-refractivity contribution in [1.82, 2.24) is 4.98 Å². The van der Waals surface area contributed by atoms with Gasteiger partial charge in [0.05, 0.1) is 16.6 Å². The standard InChI is InChI=1S/C14H12N4O2/c1-10-3-8-13(18(19)20)14(16-10)17(2)12-6-4-11(9-15)5-7-12/h3-8H,1-2H3. The molecule has 0 aliphatic carbocycles. The lowest BCUT2D eigenvalue weighted by Gasteiger charge is -2.18. The Bertz CT molecular complexity index is 689. The maximum Gasteiger partial charge on any atom is 0.311 e. The number of anilines is 2. The van der Waals surface area contributed by atoms with Crippen LogP contribution in [0.5, 0.6) is 0 Å². The topological polar surface area (TPSA) is 83.1 Å². The SMILES string of the molecule is Cc1ccc([N+](=O)[O-])c(N(C)c2ccc(C#N)cc2)n1. The van der Waals surface area contributed by atoms with Gasteiger partial charge in [0, 0.05) is 24.5 Å². The van der Waals surface area contributed by atoms with Crippen molar-refractivity contribution in [2.75, 3.05) is 11.9 Å². The molecule has 2 rings (SSSR count). The van der Waals surface area contributed by atoms with E-state index in [1.165, 1.54) is 6.07 Å². The van der Waals surface area contributed by atoms with E-state index in [1.54, 1.807) is 49.2 Å². The molecule has 0 saturated heterocycles. The summed E-state index contributed by atoms with van der Waals surface area (Å²) in [5.41, 5.74) is 1.91. The molecule has 0 N–H and O–H groups in total. The Morgan fingerprint density at radius 2 is 1.90 bits per heavy atom. The van der Waals surface area contributed by atoms with Gasteiger partial charge >= 0.3 is 5.69 Å². The molecule has 1 heterocycles. The molecular formula is C14H12N4O2. The minimum absolute atomic E-state index is 0.0533. The zero-order valence-corrected chi connectivity index (χ0v) is 11.1. The number of hydrogen-bond donors (Lipinski definition) is 0. The van der Waals surface area contributed by atoms with E-state index in [2.05, 4.69) is 4.98 Å². The highest BCUT2D eigenvalue weighted by Gasteiger charge is 2.19. The summed E-state index contributed by atoms with van der Waals surface area (Å²) in [6, 6.07) is 11.9. The number of hydrogen-bond acceptors (Lipinski definition) is 5. The normalized spacial score (nSPS) is 9.85. The Morgan fingerprint density at radius 1 is 1.25 bits per heavy atom. The minimum atomic E-state index is -0.456. The van der Waals surface area contributed by atoms with Crippen molar-refractivity contribution in [1.29, 1.82) is 5.26 Å². The van der Waals surface area contributed by atoms with E-state index in [-0.39, 0.29) is 11.5 Å². The minimum Gasteiger partial charge on any atom is -0.324 e. The lowest BCUT2D eigenvalue weighted by atomic mass is 10.2. The lowest BCUT2D eigenvalue weighted by Crippen LogP contribution is -2.13. The highest BCUT2D eigenvalue weighted by molar-refractivity contribution is 5.68. The van der Waals surface area contributed by atoms with Gasteiger partial charge in [0.2, 0.25) is 5.82 Å². The molecule has 0 bridgehead atoms. The molecule has 0 aliphatic heterocycles. The number of aromatic nitrogens is 1. The third-order valence-corrected chi connectivity index (χ3v) is 2.89. The summed E-state index contributed by atoms with van der Waals surface area (Å²) < 4.78 is 0. The van der Waals surface area contributed by atoms with Crippen LogP contribution < -0.4 is 4.90 Å². The van der Waals surface area contributed by atoms with E-state index in [4.69, 9.17) is 5.26 Å². The first kappa shape index (κ1) is 13.5. The third-order valence-electron chi connectivity index (χ3n) is 2.89. The largest absolute Gasteiger partial charge is 0.324 e. The van der Waals surface area contributed by atoms with Crippen molar-refractivity contribution >= 4 is 17.2 Å². The second-order valence-corrected chi connectivity index (χ2v) is 4.27. The molecule has 0 fully saturated rings. The van der Waals surface area contributed by atoms with E-state index < -0.39 is 4.92 Å². The van der Waals surface area contributed by atoms with Crippen LogP contribution in [0.2, 0.25) is 0 Å². The Labute approximate surface area is 116 Å². The molecule has 1 aromatic carbocycles. The second kappa shape index (κ2) is 5.36. The molecule has 2 aromatic rings. The molecule has 0 spiro atoms. The van der Waals surface area contributed by atoms with Crippen LogP contribution in [0.15, 0.2) is 36.4 Å². The molecule has 0 aliphatic rings. The number of benzene rings is 1. The summed E-state index contributed by atoms with van der Waals surface area (Å²) in [6.45, 7) is 1.78. The smallest absolute Gasteiger partial charge is 0.311 e. The highest BCUT2D eigenvalue weighted by Crippen LogP contribution is 2.30. The van der Waals surface area contributed by atoms with E-state index in [0.717, 1.165) is 5.69 Å². The van der Waals surface area contributed by atoms with E-state index in [9.17, 15) is 10.1 Å². The molecule has 0 atom stereocenters. The van der Waals surface area contributed by atoms with Gasteiger partial charge in [-0.05, 0) is 37.3 Å². The van der Waals surface area contributed by atoms with E-state index in [1.807, 2.05) is 6.07 Å². The molecular weight excluding hydrogens is 256 g/mol. The summed E-state index contributed by atoms with van der Waals surface area (Å²) in [5, 5.41) is 19.8. The first-order valence-electron chi connectivity index (χ1n) is 5.89. The predicted molar refractivity (Wildman–Crippen MR) is 74.8 cm³/mol. The lowest BCUT2D eigenvalue weighted by molar-refractivity contribution is -0.384. The first-order chi connectivity index (χ1) is 9.52.